The van der Waals surface area contributed by atoms with E-state index in [2.05, 4.69) is 5.16 Å². The quantitative estimate of drug-likeness (QED) is 0.819. The number of benzene rings is 1. The summed E-state index contributed by atoms with van der Waals surface area (Å²) in [5.41, 5.74) is 1.93. The molecule has 0 N–H and O–H groups in total. The maximum absolute atomic E-state index is 12.0. The highest BCUT2D eigenvalue weighted by Crippen LogP contribution is 2.31. The first-order chi connectivity index (χ1) is 9.58. The predicted octanol–water partition coefficient (Wildman–Crippen LogP) is 3.05. The van der Waals surface area contributed by atoms with Crippen molar-refractivity contribution >= 4 is 27.2 Å². The van der Waals surface area contributed by atoms with Crippen molar-refractivity contribution in [2.24, 2.45) is 11.1 Å². The average molecular weight is 307 g/mol. The molecule has 0 bridgehead atoms. The number of hydrogen-bond donors (Lipinski definition) is 0. The van der Waals surface area contributed by atoms with Crippen LogP contribution in [0, 0.1) is 5.92 Å². The van der Waals surface area contributed by atoms with Crippen LogP contribution in [-0.2, 0) is 20.8 Å². The lowest BCUT2D eigenvalue weighted by Crippen LogP contribution is -2.09. The van der Waals surface area contributed by atoms with Crippen LogP contribution in [0.25, 0.3) is 0 Å². The molecule has 0 saturated heterocycles. The minimum absolute atomic E-state index is 0.112. The molecule has 1 aliphatic carbocycles. The van der Waals surface area contributed by atoms with E-state index < -0.39 is 10.1 Å². The molecule has 104 valence electrons. The van der Waals surface area contributed by atoms with E-state index in [1.54, 1.807) is 29.5 Å². The molecular formula is C14H13NO3S2. The van der Waals surface area contributed by atoms with Crippen LogP contribution >= 0.6 is 11.3 Å². The van der Waals surface area contributed by atoms with Gasteiger partial charge in [0.1, 0.15) is 10.6 Å². The van der Waals surface area contributed by atoms with E-state index in [4.69, 9.17) is 4.28 Å². The van der Waals surface area contributed by atoms with Crippen LogP contribution in [0.2, 0.25) is 0 Å². The Morgan fingerprint density at radius 1 is 1.25 bits per heavy atom. The van der Waals surface area contributed by atoms with Gasteiger partial charge in [-0.15, -0.1) is 11.3 Å². The molecule has 1 atom stereocenters. The van der Waals surface area contributed by atoms with Gasteiger partial charge in [0.05, 0.1) is 4.88 Å². The number of oxime groups is 1. The average Bonchev–Trinajstić information content (AvgIpc) is 2.98. The molecule has 1 unspecified atom stereocenters. The lowest BCUT2D eigenvalue weighted by molar-refractivity contribution is 0.336. The first kappa shape index (κ1) is 13.3. The molecule has 0 aliphatic heterocycles. The van der Waals surface area contributed by atoms with Crippen LogP contribution in [0.1, 0.15) is 17.4 Å². The summed E-state index contributed by atoms with van der Waals surface area (Å²) in [7, 11) is -3.84. The van der Waals surface area contributed by atoms with Gasteiger partial charge in [0.2, 0.25) is 0 Å². The molecule has 0 amide bonds. The fourth-order valence-corrected chi connectivity index (χ4v) is 4.01. The van der Waals surface area contributed by atoms with Crippen molar-refractivity contribution in [2.45, 2.75) is 18.2 Å². The van der Waals surface area contributed by atoms with Gasteiger partial charge in [-0.25, -0.2) is 0 Å². The van der Waals surface area contributed by atoms with E-state index in [1.807, 2.05) is 18.4 Å². The van der Waals surface area contributed by atoms with Crippen molar-refractivity contribution in [3.05, 3.63) is 52.2 Å². The van der Waals surface area contributed by atoms with Crippen LogP contribution in [0.4, 0.5) is 0 Å². The molecule has 1 aromatic carbocycles. The van der Waals surface area contributed by atoms with Crippen molar-refractivity contribution in [1.82, 2.24) is 0 Å². The van der Waals surface area contributed by atoms with E-state index in [-0.39, 0.29) is 10.8 Å². The minimum Gasteiger partial charge on any atom is -0.264 e. The Morgan fingerprint density at radius 3 is 2.75 bits per heavy atom. The fourth-order valence-electron chi connectivity index (χ4n) is 2.22. The molecule has 2 aromatic rings. The highest BCUT2D eigenvalue weighted by atomic mass is 32.2. The standard InChI is InChI=1S/C14H13NO3S2/c1-10-9-11-7-8-19-14(11)13(10)15-18-20(16,17)12-5-3-2-4-6-12/h2-8,10H,9H2,1H3. The maximum Gasteiger partial charge on any atom is 0.358 e. The molecule has 0 spiro atoms. The topological polar surface area (TPSA) is 55.7 Å². The van der Waals surface area contributed by atoms with Crippen molar-refractivity contribution in [1.29, 1.82) is 0 Å². The predicted molar refractivity (Wildman–Crippen MR) is 78.4 cm³/mol. The molecular weight excluding hydrogens is 294 g/mol. The van der Waals surface area contributed by atoms with E-state index in [9.17, 15) is 8.42 Å². The zero-order valence-corrected chi connectivity index (χ0v) is 12.4. The zero-order chi connectivity index (χ0) is 14.2. The SMILES string of the molecule is CC1Cc2ccsc2C1=NOS(=O)(=O)c1ccccc1. The highest BCUT2D eigenvalue weighted by molar-refractivity contribution is 7.86. The fraction of sp³-hybridized carbons (Fsp3) is 0.214. The molecule has 1 aromatic heterocycles. The Bertz CT molecular complexity index is 748. The van der Waals surface area contributed by atoms with Gasteiger partial charge in [0, 0.05) is 5.92 Å². The van der Waals surface area contributed by atoms with E-state index in [0.717, 1.165) is 17.0 Å². The van der Waals surface area contributed by atoms with E-state index in [0.29, 0.717) is 0 Å². The molecule has 20 heavy (non-hydrogen) atoms. The summed E-state index contributed by atoms with van der Waals surface area (Å²) in [4.78, 5) is 1.14. The Kier molecular flexibility index (Phi) is 3.35. The summed E-state index contributed by atoms with van der Waals surface area (Å²) in [6.07, 6.45) is 0.881. The van der Waals surface area contributed by atoms with E-state index in [1.165, 1.54) is 17.7 Å². The summed E-state index contributed by atoms with van der Waals surface area (Å²) in [6.45, 7) is 2.02. The van der Waals surface area contributed by atoms with Crippen molar-refractivity contribution < 1.29 is 12.7 Å². The smallest absolute Gasteiger partial charge is 0.264 e. The molecule has 0 saturated carbocycles. The Balaban J connectivity index is 1.88. The largest absolute Gasteiger partial charge is 0.358 e. The number of rotatable bonds is 3. The zero-order valence-electron chi connectivity index (χ0n) is 10.8. The van der Waals surface area contributed by atoms with E-state index >= 15 is 0 Å². The molecule has 0 fully saturated rings. The monoisotopic (exact) mass is 307 g/mol. The summed E-state index contributed by atoms with van der Waals surface area (Å²) in [5, 5.41) is 5.89. The van der Waals surface area contributed by atoms with Gasteiger partial charge >= 0.3 is 10.1 Å². The second-order valence-electron chi connectivity index (χ2n) is 4.70. The molecule has 1 aliphatic rings. The summed E-state index contributed by atoms with van der Waals surface area (Å²) >= 11 is 1.56. The molecule has 0 radical (unpaired) electrons. The van der Waals surface area contributed by atoms with Gasteiger partial charge in [-0.1, -0.05) is 30.3 Å². The highest BCUT2D eigenvalue weighted by Gasteiger charge is 2.28. The minimum atomic E-state index is -3.84. The maximum atomic E-state index is 12.0. The van der Waals surface area contributed by atoms with Gasteiger partial charge < -0.3 is 0 Å². The first-order valence-corrected chi connectivity index (χ1v) is 8.50. The lowest BCUT2D eigenvalue weighted by Gasteiger charge is -2.05. The Labute approximate surface area is 121 Å². The third-order valence-corrected chi connectivity index (χ3v) is 5.34. The number of fused-ring (bicyclic) bond motifs is 1. The number of hydrogen-bond acceptors (Lipinski definition) is 5. The second-order valence-corrected chi connectivity index (χ2v) is 7.14. The first-order valence-electron chi connectivity index (χ1n) is 6.21. The lowest BCUT2D eigenvalue weighted by atomic mass is 10.1. The van der Waals surface area contributed by atoms with Crippen LogP contribution in [0.15, 0.2) is 51.8 Å². The van der Waals surface area contributed by atoms with Gasteiger partial charge in [-0.3, -0.25) is 4.28 Å². The van der Waals surface area contributed by atoms with Crippen molar-refractivity contribution in [3.8, 4) is 0 Å². The van der Waals surface area contributed by atoms with Crippen molar-refractivity contribution in [2.75, 3.05) is 0 Å². The number of thiophene rings is 1. The van der Waals surface area contributed by atoms with Crippen molar-refractivity contribution in [3.63, 3.8) is 0 Å². The second kappa shape index (κ2) is 5.03. The summed E-state index contributed by atoms with van der Waals surface area (Å²) in [5.74, 6) is 0.184. The van der Waals surface area contributed by atoms with Gasteiger partial charge in [-0.2, -0.15) is 8.42 Å². The molecule has 4 nitrogen and oxygen atoms in total. The third-order valence-electron chi connectivity index (χ3n) is 3.24. The van der Waals surface area contributed by atoms with Crippen LogP contribution in [0.5, 0.6) is 0 Å². The summed E-state index contributed by atoms with van der Waals surface area (Å²) in [6, 6.07) is 10.1. The third kappa shape index (κ3) is 2.36. The Hall–Kier alpha value is -1.66. The van der Waals surface area contributed by atoms with Crippen LogP contribution < -0.4 is 0 Å². The Morgan fingerprint density at radius 2 is 2.00 bits per heavy atom. The van der Waals surface area contributed by atoms with Crippen LogP contribution in [-0.4, -0.2) is 14.1 Å². The van der Waals surface area contributed by atoms with Gasteiger partial charge in [0.25, 0.3) is 0 Å². The summed E-state index contributed by atoms with van der Waals surface area (Å²) < 4.78 is 28.9. The molecule has 1 heterocycles. The van der Waals surface area contributed by atoms with Crippen LogP contribution in [0.3, 0.4) is 0 Å². The van der Waals surface area contributed by atoms with Gasteiger partial charge in [0.15, 0.2) is 0 Å². The number of nitrogens with zero attached hydrogens (tertiary/aromatic N) is 1. The molecule has 6 heteroatoms. The normalized spacial score (nSPS) is 20.1. The van der Waals surface area contributed by atoms with Gasteiger partial charge in [-0.05, 0) is 35.6 Å². The molecule has 3 rings (SSSR count).